The Morgan fingerprint density at radius 2 is 1.82 bits per heavy atom. The summed E-state index contributed by atoms with van der Waals surface area (Å²) in [4.78, 5) is 11.9. The highest BCUT2D eigenvalue weighted by Gasteiger charge is 2.18. The summed E-state index contributed by atoms with van der Waals surface area (Å²) in [6, 6.07) is 12.1. The second-order valence-corrected chi connectivity index (χ2v) is 7.96. The van der Waals surface area contributed by atoms with E-state index in [1.54, 1.807) is 18.2 Å². The quantitative estimate of drug-likeness (QED) is 0.557. The summed E-state index contributed by atoms with van der Waals surface area (Å²) in [6.45, 7) is -0.267. The van der Waals surface area contributed by atoms with Crippen LogP contribution in [0, 0.1) is 11.6 Å². The van der Waals surface area contributed by atoms with E-state index in [1.807, 2.05) is 0 Å². The first-order valence-electron chi connectivity index (χ1n) is 8.19. The normalized spacial score (nSPS) is 11.4. The molecule has 9 heteroatoms. The van der Waals surface area contributed by atoms with E-state index in [2.05, 4.69) is 5.16 Å². The van der Waals surface area contributed by atoms with E-state index >= 15 is 0 Å². The van der Waals surface area contributed by atoms with E-state index in [0.717, 1.165) is 6.07 Å². The summed E-state index contributed by atoms with van der Waals surface area (Å²) in [5.74, 6) is -2.60. The van der Waals surface area contributed by atoms with Crippen LogP contribution in [0.4, 0.5) is 8.78 Å². The van der Waals surface area contributed by atoms with Crippen molar-refractivity contribution in [3.05, 3.63) is 71.9 Å². The van der Waals surface area contributed by atoms with Crippen molar-refractivity contribution in [2.24, 2.45) is 0 Å². The Morgan fingerprint density at radius 3 is 2.54 bits per heavy atom. The molecule has 1 heterocycles. The molecule has 0 radical (unpaired) electrons. The Hall–Kier alpha value is -3.07. The molecule has 0 aliphatic heterocycles. The van der Waals surface area contributed by atoms with Crippen LogP contribution in [0.25, 0.3) is 11.3 Å². The lowest BCUT2D eigenvalue weighted by molar-refractivity contribution is -0.144. The summed E-state index contributed by atoms with van der Waals surface area (Å²) >= 11 is 0. The van der Waals surface area contributed by atoms with E-state index in [4.69, 9.17) is 9.26 Å². The summed E-state index contributed by atoms with van der Waals surface area (Å²) in [5.41, 5.74) is 0.221. The van der Waals surface area contributed by atoms with Crippen molar-refractivity contribution in [1.29, 1.82) is 0 Å². The topological polar surface area (TPSA) is 86.5 Å². The fourth-order valence-corrected chi connectivity index (χ4v) is 3.63. The van der Waals surface area contributed by atoms with Crippen LogP contribution in [0.3, 0.4) is 0 Å². The largest absolute Gasteiger partial charge is 0.459 e. The van der Waals surface area contributed by atoms with Crippen LogP contribution in [-0.2, 0) is 26.0 Å². The van der Waals surface area contributed by atoms with Gasteiger partial charge < -0.3 is 9.26 Å². The van der Waals surface area contributed by atoms with Gasteiger partial charge in [0.05, 0.1) is 22.6 Å². The molecule has 146 valence electrons. The SMILES string of the molecule is O=C(CCS(=O)(=O)c1ccccc1)OCc1cc(-c2ccc(F)cc2F)on1. The number of aromatic nitrogens is 1. The van der Waals surface area contributed by atoms with Crippen LogP contribution in [-0.4, -0.2) is 25.3 Å². The van der Waals surface area contributed by atoms with Crippen LogP contribution >= 0.6 is 0 Å². The third kappa shape index (κ3) is 4.80. The Labute approximate surface area is 159 Å². The molecular formula is C19H15F2NO5S. The fraction of sp³-hybridized carbons (Fsp3) is 0.158. The predicted octanol–water partition coefficient (Wildman–Crippen LogP) is 3.53. The first-order valence-corrected chi connectivity index (χ1v) is 9.85. The van der Waals surface area contributed by atoms with Crippen molar-refractivity contribution >= 4 is 15.8 Å². The molecule has 0 amide bonds. The van der Waals surface area contributed by atoms with Crippen LogP contribution in [0.2, 0.25) is 0 Å². The molecule has 6 nitrogen and oxygen atoms in total. The van der Waals surface area contributed by atoms with Gasteiger partial charge in [-0.25, -0.2) is 17.2 Å². The van der Waals surface area contributed by atoms with E-state index in [0.29, 0.717) is 6.07 Å². The van der Waals surface area contributed by atoms with Gasteiger partial charge in [0.2, 0.25) is 0 Å². The van der Waals surface area contributed by atoms with Gasteiger partial charge in [0.25, 0.3) is 0 Å². The number of nitrogens with zero attached hydrogens (tertiary/aromatic N) is 1. The minimum absolute atomic E-state index is 0.0143. The van der Waals surface area contributed by atoms with E-state index in [-0.39, 0.29) is 40.7 Å². The molecule has 3 aromatic rings. The van der Waals surface area contributed by atoms with Crippen LogP contribution in [0.5, 0.6) is 0 Å². The van der Waals surface area contributed by atoms with E-state index in [9.17, 15) is 22.0 Å². The third-order valence-corrected chi connectivity index (χ3v) is 5.55. The van der Waals surface area contributed by atoms with Crippen molar-refractivity contribution in [1.82, 2.24) is 5.16 Å². The zero-order valence-corrected chi connectivity index (χ0v) is 15.3. The molecule has 0 bridgehead atoms. The molecule has 0 fully saturated rings. The van der Waals surface area contributed by atoms with Crippen LogP contribution in [0.1, 0.15) is 12.1 Å². The second-order valence-electron chi connectivity index (χ2n) is 5.85. The van der Waals surface area contributed by atoms with Crippen molar-refractivity contribution in [2.75, 3.05) is 5.75 Å². The number of esters is 1. The van der Waals surface area contributed by atoms with E-state index < -0.39 is 27.4 Å². The van der Waals surface area contributed by atoms with Gasteiger partial charge in [0.15, 0.2) is 15.6 Å². The molecule has 0 spiro atoms. The van der Waals surface area contributed by atoms with Gasteiger partial charge in [-0.1, -0.05) is 23.4 Å². The molecule has 3 rings (SSSR count). The summed E-state index contributed by atoms with van der Waals surface area (Å²) < 4.78 is 60.9. The van der Waals surface area contributed by atoms with Gasteiger partial charge in [-0.15, -0.1) is 0 Å². The first-order chi connectivity index (χ1) is 13.3. The van der Waals surface area contributed by atoms with Crippen molar-refractivity contribution in [3.63, 3.8) is 0 Å². The molecule has 28 heavy (non-hydrogen) atoms. The van der Waals surface area contributed by atoms with Gasteiger partial charge in [0, 0.05) is 12.1 Å². The van der Waals surface area contributed by atoms with Crippen LogP contribution in [0.15, 0.2) is 64.0 Å². The predicted molar refractivity (Wildman–Crippen MR) is 94.8 cm³/mol. The van der Waals surface area contributed by atoms with Gasteiger partial charge in [-0.05, 0) is 24.3 Å². The van der Waals surface area contributed by atoms with Crippen molar-refractivity contribution in [3.8, 4) is 11.3 Å². The number of halogens is 2. The highest BCUT2D eigenvalue weighted by Crippen LogP contribution is 2.24. The average Bonchev–Trinajstić information content (AvgIpc) is 3.14. The van der Waals surface area contributed by atoms with Gasteiger partial charge in [-0.2, -0.15) is 0 Å². The highest BCUT2D eigenvalue weighted by atomic mass is 32.2. The second kappa shape index (κ2) is 8.30. The minimum Gasteiger partial charge on any atom is -0.459 e. The molecule has 0 saturated carbocycles. The van der Waals surface area contributed by atoms with Crippen molar-refractivity contribution in [2.45, 2.75) is 17.9 Å². The van der Waals surface area contributed by atoms with Crippen LogP contribution < -0.4 is 0 Å². The monoisotopic (exact) mass is 407 g/mol. The number of sulfone groups is 1. The molecule has 1 aromatic heterocycles. The summed E-state index contributed by atoms with van der Waals surface area (Å²) in [6.07, 6.45) is -0.325. The lowest BCUT2D eigenvalue weighted by Gasteiger charge is -2.04. The number of carbonyl (C=O) groups is 1. The zero-order valence-electron chi connectivity index (χ0n) is 14.5. The van der Waals surface area contributed by atoms with E-state index in [1.165, 1.54) is 24.3 Å². The Balaban J connectivity index is 1.55. The number of rotatable bonds is 7. The highest BCUT2D eigenvalue weighted by molar-refractivity contribution is 7.91. The number of hydrogen-bond acceptors (Lipinski definition) is 6. The third-order valence-electron chi connectivity index (χ3n) is 3.81. The standard InChI is InChI=1S/C19H15F2NO5S/c20-13-6-7-16(17(21)10-13)18-11-14(22-27-18)12-26-19(23)8-9-28(24,25)15-4-2-1-3-5-15/h1-7,10-11H,8-9,12H2. The molecule has 0 atom stereocenters. The summed E-state index contributed by atoms with van der Waals surface area (Å²) in [5, 5.41) is 3.65. The number of carbonyl (C=O) groups excluding carboxylic acids is 1. The first kappa shape index (κ1) is 19.7. The van der Waals surface area contributed by atoms with Gasteiger partial charge in [-0.3, -0.25) is 4.79 Å². The minimum atomic E-state index is -3.59. The molecule has 0 saturated heterocycles. The number of hydrogen-bond donors (Lipinski definition) is 0. The fourth-order valence-electron chi connectivity index (χ4n) is 2.39. The Bertz CT molecular complexity index is 1080. The molecule has 0 aliphatic carbocycles. The lowest BCUT2D eigenvalue weighted by Crippen LogP contribution is -2.13. The average molecular weight is 407 g/mol. The lowest BCUT2D eigenvalue weighted by atomic mass is 10.1. The maximum Gasteiger partial charge on any atom is 0.307 e. The maximum absolute atomic E-state index is 13.7. The molecule has 0 unspecified atom stereocenters. The molecule has 0 N–H and O–H groups in total. The zero-order chi connectivity index (χ0) is 20.1. The smallest absolute Gasteiger partial charge is 0.307 e. The summed E-state index contributed by atoms with van der Waals surface area (Å²) in [7, 11) is -3.59. The molecule has 2 aromatic carbocycles. The number of ether oxygens (including phenoxy) is 1. The Kier molecular flexibility index (Phi) is 5.84. The molecule has 0 aliphatic rings. The maximum atomic E-state index is 13.7. The van der Waals surface area contributed by atoms with Crippen molar-refractivity contribution < 1.29 is 31.3 Å². The van der Waals surface area contributed by atoms with Gasteiger partial charge in [0.1, 0.15) is 23.9 Å². The Morgan fingerprint density at radius 1 is 1.07 bits per heavy atom. The molecular weight excluding hydrogens is 392 g/mol. The number of benzene rings is 2. The van der Waals surface area contributed by atoms with Gasteiger partial charge >= 0.3 is 5.97 Å².